The van der Waals surface area contributed by atoms with E-state index in [0.29, 0.717) is 19.4 Å². The van der Waals surface area contributed by atoms with Crippen LogP contribution in [0.2, 0.25) is 0 Å². The summed E-state index contributed by atoms with van der Waals surface area (Å²) in [6.45, 7) is 2.60. The highest BCUT2D eigenvalue weighted by Gasteiger charge is 2.31. The Balaban J connectivity index is 1.36. The highest BCUT2D eigenvalue weighted by atomic mass is 32.2. The molecule has 1 amide bonds. The number of hydrogen-bond acceptors (Lipinski definition) is 7. The molecule has 0 saturated carbocycles. The number of likely N-dealkylation sites (N-methyl/N-ethyl adjacent to an activating group) is 1. The van der Waals surface area contributed by atoms with Gasteiger partial charge in [-0.2, -0.15) is 0 Å². The number of hydrogen-bond donors (Lipinski definition) is 0. The summed E-state index contributed by atoms with van der Waals surface area (Å²) < 4.78 is 38.3. The number of carbonyl (C=O) groups excluding carboxylic acids is 2. The fourth-order valence-electron chi connectivity index (χ4n) is 5.41. The molecule has 1 aliphatic rings. The zero-order valence-electron chi connectivity index (χ0n) is 24.9. The van der Waals surface area contributed by atoms with Crippen LogP contribution in [0.5, 0.6) is 0 Å². The van der Waals surface area contributed by atoms with Crippen molar-refractivity contribution < 1.29 is 27.5 Å². The van der Waals surface area contributed by atoms with E-state index in [1.807, 2.05) is 60.7 Å². The predicted molar refractivity (Wildman–Crippen MR) is 165 cm³/mol. The quantitative estimate of drug-likeness (QED) is 0.259. The number of rotatable bonds is 13. The van der Waals surface area contributed by atoms with Gasteiger partial charge in [0.2, 0.25) is 10.0 Å². The molecule has 230 valence electrons. The Bertz CT molecular complexity index is 1400. The van der Waals surface area contributed by atoms with Crippen LogP contribution in [0.3, 0.4) is 0 Å². The van der Waals surface area contributed by atoms with Crippen molar-refractivity contribution in [3.8, 4) is 0 Å². The first-order valence-electron chi connectivity index (χ1n) is 14.6. The third-order valence-electron chi connectivity index (χ3n) is 7.96. The molecular weight excluding hydrogens is 566 g/mol. The highest BCUT2D eigenvalue weighted by Crippen LogP contribution is 2.26. The summed E-state index contributed by atoms with van der Waals surface area (Å²) in [6, 6.07) is 27.8. The third kappa shape index (κ3) is 9.13. The molecule has 0 spiro atoms. The Hall–Kier alpha value is -3.73. The van der Waals surface area contributed by atoms with Gasteiger partial charge in [-0.05, 0) is 55.0 Å². The largest absolute Gasteiger partial charge is 0.468 e. The van der Waals surface area contributed by atoms with Crippen molar-refractivity contribution in [2.24, 2.45) is 0 Å². The summed E-state index contributed by atoms with van der Waals surface area (Å²) in [5, 5.41) is 0. The highest BCUT2D eigenvalue weighted by molar-refractivity contribution is 7.89. The second kappa shape index (κ2) is 15.7. The number of amides is 1. The van der Waals surface area contributed by atoms with Crippen molar-refractivity contribution in [1.82, 2.24) is 14.1 Å². The van der Waals surface area contributed by atoms with E-state index in [1.54, 1.807) is 37.4 Å². The Labute approximate surface area is 255 Å². The van der Waals surface area contributed by atoms with Gasteiger partial charge in [-0.15, -0.1) is 0 Å². The fraction of sp³-hybridized carbons (Fsp3) is 0.394. The standard InChI is InChI=1S/C33H41N3O6S/c1-34(43(39,40)31-16-10-5-11-17-31)24-29(28-14-8-4-9-15-28)18-21-35-22-19-30(20-23-35)36(25-32(37)41-2)33(38)42-26-27-12-6-3-7-13-27/h3-17,29-30H,18-26H2,1-2H3. The molecule has 1 unspecified atom stereocenters. The van der Waals surface area contributed by atoms with Crippen LogP contribution in [-0.4, -0.2) is 87.5 Å². The lowest BCUT2D eigenvalue weighted by Gasteiger charge is -2.38. The van der Waals surface area contributed by atoms with E-state index in [4.69, 9.17) is 9.47 Å². The molecule has 43 heavy (non-hydrogen) atoms. The van der Waals surface area contributed by atoms with Gasteiger partial charge in [0.15, 0.2) is 0 Å². The molecule has 1 saturated heterocycles. The van der Waals surface area contributed by atoms with Crippen LogP contribution >= 0.6 is 0 Å². The van der Waals surface area contributed by atoms with E-state index in [0.717, 1.165) is 37.2 Å². The van der Waals surface area contributed by atoms with Gasteiger partial charge in [0.05, 0.1) is 12.0 Å². The first-order chi connectivity index (χ1) is 20.8. The fourth-order valence-corrected chi connectivity index (χ4v) is 6.65. The molecule has 0 aromatic heterocycles. The third-order valence-corrected chi connectivity index (χ3v) is 9.80. The minimum absolute atomic E-state index is 0.00574. The summed E-state index contributed by atoms with van der Waals surface area (Å²) in [5.74, 6) is -0.481. The van der Waals surface area contributed by atoms with Gasteiger partial charge in [-0.3, -0.25) is 9.69 Å². The molecule has 1 fully saturated rings. The zero-order valence-corrected chi connectivity index (χ0v) is 25.7. The predicted octanol–water partition coefficient (Wildman–Crippen LogP) is 4.76. The Morgan fingerprint density at radius 3 is 2.09 bits per heavy atom. The van der Waals surface area contributed by atoms with E-state index >= 15 is 0 Å². The summed E-state index contributed by atoms with van der Waals surface area (Å²) in [6.07, 6.45) is 1.62. The Morgan fingerprint density at radius 2 is 1.49 bits per heavy atom. The Kier molecular flexibility index (Phi) is 11.7. The lowest BCUT2D eigenvalue weighted by atomic mass is 9.94. The van der Waals surface area contributed by atoms with Crippen LogP contribution in [0.4, 0.5) is 4.79 Å². The molecule has 1 aliphatic heterocycles. The lowest BCUT2D eigenvalue weighted by molar-refractivity contribution is -0.142. The second-order valence-corrected chi connectivity index (χ2v) is 12.9. The molecule has 3 aromatic rings. The Morgan fingerprint density at radius 1 is 0.907 bits per heavy atom. The van der Waals surface area contributed by atoms with E-state index in [1.165, 1.54) is 16.3 Å². The number of likely N-dealkylation sites (tertiary alicyclic amines) is 1. The topological polar surface area (TPSA) is 96.5 Å². The minimum atomic E-state index is -3.61. The summed E-state index contributed by atoms with van der Waals surface area (Å²) in [5.41, 5.74) is 1.97. The first-order valence-corrected chi connectivity index (χ1v) is 16.0. The number of benzene rings is 3. The molecule has 0 N–H and O–H groups in total. The maximum Gasteiger partial charge on any atom is 0.410 e. The van der Waals surface area contributed by atoms with Crippen LogP contribution in [0.1, 0.15) is 36.3 Å². The van der Waals surface area contributed by atoms with Crippen molar-refractivity contribution >= 4 is 22.1 Å². The number of methoxy groups -OCH3 is 1. The number of carbonyl (C=O) groups is 2. The van der Waals surface area contributed by atoms with Crippen molar-refractivity contribution in [3.05, 3.63) is 102 Å². The van der Waals surface area contributed by atoms with Crippen LogP contribution < -0.4 is 0 Å². The lowest BCUT2D eigenvalue weighted by Crippen LogP contribution is -2.49. The van der Waals surface area contributed by atoms with E-state index in [9.17, 15) is 18.0 Å². The summed E-state index contributed by atoms with van der Waals surface area (Å²) in [4.78, 5) is 29.3. The maximum absolute atomic E-state index is 13.2. The number of piperidine rings is 1. The molecule has 0 aliphatic carbocycles. The van der Waals surface area contributed by atoms with Crippen molar-refractivity contribution in [2.75, 3.05) is 46.9 Å². The molecule has 10 heteroatoms. The van der Waals surface area contributed by atoms with E-state index in [2.05, 4.69) is 4.90 Å². The zero-order chi connectivity index (χ0) is 30.7. The van der Waals surface area contributed by atoms with Crippen LogP contribution in [0.15, 0.2) is 95.9 Å². The number of nitrogens with zero attached hydrogens (tertiary/aromatic N) is 3. The number of sulfonamides is 1. The van der Waals surface area contributed by atoms with Gasteiger partial charge in [0, 0.05) is 32.7 Å². The van der Waals surface area contributed by atoms with Gasteiger partial charge < -0.3 is 14.4 Å². The summed E-state index contributed by atoms with van der Waals surface area (Å²) >= 11 is 0. The smallest absolute Gasteiger partial charge is 0.410 e. The van der Waals surface area contributed by atoms with Crippen LogP contribution in [0.25, 0.3) is 0 Å². The van der Waals surface area contributed by atoms with Gasteiger partial charge in [0.1, 0.15) is 13.2 Å². The van der Waals surface area contributed by atoms with Crippen molar-refractivity contribution in [2.45, 2.75) is 42.7 Å². The van der Waals surface area contributed by atoms with Crippen molar-refractivity contribution in [3.63, 3.8) is 0 Å². The van der Waals surface area contributed by atoms with E-state index in [-0.39, 0.29) is 30.0 Å². The van der Waals surface area contributed by atoms with Crippen molar-refractivity contribution in [1.29, 1.82) is 0 Å². The average Bonchev–Trinajstić information content (AvgIpc) is 3.05. The molecule has 1 heterocycles. The SMILES string of the molecule is COC(=O)CN(C(=O)OCc1ccccc1)C1CCN(CCC(CN(C)S(=O)(=O)c2ccccc2)c2ccccc2)CC1. The van der Waals surface area contributed by atoms with Gasteiger partial charge in [-0.25, -0.2) is 17.5 Å². The second-order valence-electron chi connectivity index (χ2n) is 10.8. The monoisotopic (exact) mass is 607 g/mol. The molecule has 9 nitrogen and oxygen atoms in total. The molecule has 3 aromatic carbocycles. The maximum atomic E-state index is 13.2. The molecule has 0 radical (unpaired) electrons. The molecule has 0 bridgehead atoms. The first kappa shape index (κ1) is 32.2. The normalized spacial score (nSPS) is 15.1. The minimum Gasteiger partial charge on any atom is -0.468 e. The van der Waals surface area contributed by atoms with E-state index < -0.39 is 22.1 Å². The number of esters is 1. The van der Waals surface area contributed by atoms with Gasteiger partial charge in [0.25, 0.3) is 0 Å². The number of ether oxygens (including phenoxy) is 2. The average molecular weight is 608 g/mol. The van der Waals surface area contributed by atoms with Crippen LogP contribution in [-0.2, 0) is 30.9 Å². The molecule has 4 rings (SSSR count). The molecular formula is C33H41N3O6S. The van der Waals surface area contributed by atoms with Gasteiger partial charge >= 0.3 is 12.1 Å². The van der Waals surface area contributed by atoms with Crippen LogP contribution in [0, 0.1) is 0 Å². The van der Waals surface area contributed by atoms with Gasteiger partial charge in [-0.1, -0.05) is 78.9 Å². The summed E-state index contributed by atoms with van der Waals surface area (Å²) in [7, 11) is -0.667. The molecule has 1 atom stereocenters.